The molecule has 0 aromatic rings. The van der Waals surface area contributed by atoms with Gasteiger partial charge < -0.3 is 9.64 Å². The molecule has 0 radical (unpaired) electrons. The molecular formula is C9H17N3O2. The van der Waals surface area contributed by atoms with Crippen LogP contribution in [0.3, 0.4) is 0 Å². The third kappa shape index (κ3) is 2.43. The number of hydrogen-bond donors (Lipinski definition) is 1. The Morgan fingerprint density at radius 3 is 2.71 bits per heavy atom. The highest BCUT2D eigenvalue weighted by atomic mass is 16.5. The zero-order chi connectivity index (χ0) is 9.80. The van der Waals surface area contributed by atoms with Crippen molar-refractivity contribution in [1.82, 2.24) is 15.1 Å². The lowest BCUT2D eigenvalue weighted by molar-refractivity contribution is -0.126. The zero-order valence-corrected chi connectivity index (χ0v) is 8.37. The van der Waals surface area contributed by atoms with Gasteiger partial charge in [0.15, 0.2) is 0 Å². The maximum absolute atomic E-state index is 11.3. The predicted molar refractivity (Wildman–Crippen MR) is 51.8 cm³/mol. The van der Waals surface area contributed by atoms with Crippen LogP contribution in [0.15, 0.2) is 0 Å². The van der Waals surface area contributed by atoms with Gasteiger partial charge >= 0.3 is 0 Å². The third-order valence-electron chi connectivity index (χ3n) is 2.72. The molecule has 5 heteroatoms. The zero-order valence-electron chi connectivity index (χ0n) is 8.37. The summed E-state index contributed by atoms with van der Waals surface area (Å²) in [5.74, 6) is 0.221. The summed E-state index contributed by atoms with van der Waals surface area (Å²) in [6, 6.07) is 0. The van der Waals surface area contributed by atoms with Gasteiger partial charge in [-0.05, 0) is 0 Å². The van der Waals surface area contributed by atoms with E-state index >= 15 is 0 Å². The van der Waals surface area contributed by atoms with Crippen molar-refractivity contribution in [3.05, 3.63) is 0 Å². The van der Waals surface area contributed by atoms with Crippen LogP contribution in [0.5, 0.6) is 0 Å². The predicted octanol–water partition coefficient (Wildman–Crippen LogP) is -1.29. The van der Waals surface area contributed by atoms with Gasteiger partial charge in [-0.2, -0.15) is 0 Å². The van der Waals surface area contributed by atoms with Gasteiger partial charge in [-0.1, -0.05) is 0 Å². The Morgan fingerprint density at radius 2 is 2.07 bits per heavy atom. The van der Waals surface area contributed by atoms with Crippen molar-refractivity contribution in [2.24, 2.45) is 0 Å². The number of nitrogens with zero attached hydrogens (tertiary/aromatic N) is 2. The standard InChI is InChI=1S/C9H17N3O2/c13-9-7-10-8-12(9)2-1-11-3-5-14-6-4-11/h10H,1-8H2. The molecule has 0 aliphatic carbocycles. The Bertz CT molecular complexity index is 204. The van der Waals surface area contributed by atoms with Crippen molar-refractivity contribution < 1.29 is 9.53 Å². The molecule has 14 heavy (non-hydrogen) atoms. The number of amides is 1. The molecule has 0 spiro atoms. The lowest BCUT2D eigenvalue weighted by Gasteiger charge is -2.28. The second-order valence-electron chi connectivity index (χ2n) is 3.70. The van der Waals surface area contributed by atoms with E-state index < -0.39 is 0 Å². The van der Waals surface area contributed by atoms with E-state index in [2.05, 4.69) is 10.2 Å². The second kappa shape index (κ2) is 4.72. The fourth-order valence-corrected chi connectivity index (χ4v) is 1.79. The van der Waals surface area contributed by atoms with Crippen LogP contribution >= 0.6 is 0 Å². The largest absolute Gasteiger partial charge is 0.379 e. The lowest BCUT2D eigenvalue weighted by atomic mass is 10.4. The van der Waals surface area contributed by atoms with Gasteiger partial charge in [0.2, 0.25) is 5.91 Å². The van der Waals surface area contributed by atoms with Crippen molar-refractivity contribution in [3.63, 3.8) is 0 Å². The molecule has 5 nitrogen and oxygen atoms in total. The molecule has 2 rings (SSSR count). The number of morpholine rings is 1. The third-order valence-corrected chi connectivity index (χ3v) is 2.72. The minimum atomic E-state index is 0.221. The van der Waals surface area contributed by atoms with Crippen LogP contribution in [0.1, 0.15) is 0 Å². The molecule has 2 aliphatic heterocycles. The summed E-state index contributed by atoms with van der Waals surface area (Å²) in [7, 11) is 0. The smallest absolute Gasteiger partial charge is 0.237 e. The van der Waals surface area contributed by atoms with Gasteiger partial charge in [-0.15, -0.1) is 0 Å². The Kier molecular flexibility index (Phi) is 3.34. The summed E-state index contributed by atoms with van der Waals surface area (Å²) in [5.41, 5.74) is 0. The highest BCUT2D eigenvalue weighted by Gasteiger charge is 2.20. The van der Waals surface area contributed by atoms with Gasteiger partial charge in [0.1, 0.15) is 0 Å². The molecule has 0 atom stereocenters. The summed E-state index contributed by atoms with van der Waals surface area (Å²) in [6.45, 7) is 6.66. The number of nitrogens with one attached hydrogen (secondary N) is 1. The van der Waals surface area contributed by atoms with Gasteiger partial charge in [0.05, 0.1) is 26.4 Å². The Hall–Kier alpha value is -0.650. The monoisotopic (exact) mass is 199 g/mol. The number of hydrogen-bond acceptors (Lipinski definition) is 4. The first-order valence-corrected chi connectivity index (χ1v) is 5.15. The highest BCUT2D eigenvalue weighted by Crippen LogP contribution is 1.99. The molecule has 2 fully saturated rings. The molecule has 2 aliphatic rings. The van der Waals surface area contributed by atoms with Crippen molar-refractivity contribution in [2.75, 3.05) is 52.6 Å². The Morgan fingerprint density at radius 1 is 1.29 bits per heavy atom. The molecular weight excluding hydrogens is 182 g/mol. The van der Waals surface area contributed by atoms with Gasteiger partial charge in [0, 0.05) is 26.2 Å². The quantitative estimate of drug-likeness (QED) is 0.614. The van der Waals surface area contributed by atoms with Crippen LogP contribution in [0.4, 0.5) is 0 Å². The van der Waals surface area contributed by atoms with Gasteiger partial charge in [-0.25, -0.2) is 0 Å². The topological polar surface area (TPSA) is 44.8 Å². The van der Waals surface area contributed by atoms with Crippen molar-refractivity contribution in [2.45, 2.75) is 0 Å². The normalized spacial score (nSPS) is 24.6. The van der Waals surface area contributed by atoms with Crippen LogP contribution in [0, 0.1) is 0 Å². The number of ether oxygens (including phenoxy) is 1. The minimum Gasteiger partial charge on any atom is -0.379 e. The van der Waals surface area contributed by atoms with Gasteiger partial charge in [-0.3, -0.25) is 15.0 Å². The fourth-order valence-electron chi connectivity index (χ4n) is 1.79. The van der Waals surface area contributed by atoms with E-state index in [0.717, 1.165) is 39.4 Å². The minimum absolute atomic E-state index is 0.221. The second-order valence-corrected chi connectivity index (χ2v) is 3.70. The molecule has 0 aromatic carbocycles. The van der Waals surface area contributed by atoms with Gasteiger partial charge in [0.25, 0.3) is 0 Å². The van der Waals surface area contributed by atoms with E-state index in [0.29, 0.717) is 13.2 Å². The summed E-state index contributed by atoms with van der Waals surface area (Å²) < 4.78 is 5.26. The lowest BCUT2D eigenvalue weighted by Crippen LogP contribution is -2.42. The molecule has 2 heterocycles. The highest BCUT2D eigenvalue weighted by molar-refractivity contribution is 5.79. The maximum atomic E-state index is 11.3. The molecule has 0 unspecified atom stereocenters. The summed E-state index contributed by atoms with van der Waals surface area (Å²) in [6.07, 6.45) is 0. The number of carbonyl (C=O) groups excluding carboxylic acids is 1. The fraction of sp³-hybridized carbons (Fsp3) is 0.889. The van der Waals surface area contributed by atoms with Crippen molar-refractivity contribution >= 4 is 5.91 Å². The van der Waals surface area contributed by atoms with E-state index in [1.54, 1.807) is 0 Å². The molecule has 0 aromatic heterocycles. The van der Waals surface area contributed by atoms with Crippen LogP contribution in [0.2, 0.25) is 0 Å². The maximum Gasteiger partial charge on any atom is 0.237 e. The molecule has 80 valence electrons. The van der Waals surface area contributed by atoms with Crippen LogP contribution in [0.25, 0.3) is 0 Å². The van der Waals surface area contributed by atoms with Crippen molar-refractivity contribution in [3.8, 4) is 0 Å². The average Bonchev–Trinajstić information content (AvgIpc) is 2.63. The Balaban J connectivity index is 1.68. The molecule has 2 saturated heterocycles. The Labute approximate surface area is 84.0 Å². The first kappa shape index (κ1) is 9.89. The summed E-state index contributed by atoms with van der Waals surface area (Å²) in [4.78, 5) is 15.5. The summed E-state index contributed by atoms with van der Waals surface area (Å²) >= 11 is 0. The first-order chi connectivity index (χ1) is 6.86. The first-order valence-electron chi connectivity index (χ1n) is 5.15. The summed E-state index contributed by atoms with van der Waals surface area (Å²) in [5, 5.41) is 3.04. The van der Waals surface area contributed by atoms with E-state index in [1.807, 2.05) is 4.90 Å². The number of rotatable bonds is 3. The number of carbonyl (C=O) groups is 1. The average molecular weight is 199 g/mol. The van der Waals surface area contributed by atoms with Crippen molar-refractivity contribution in [1.29, 1.82) is 0 Å². The van der Waals surface area contributed by atoms with Crippen LogP contribution < -0.4 is 5.32 Å². The van der Waals surface area contributed by atoms with Crippen LogP contribution in [-0.4, -0.2) is 68.3 Å². The van der Waals surface area contributed by atoms with E-state index in [-0.39, 0.29) is 5.91 Å². The molecule has 1 amide bonds. The van der Waals surface area contributed by atoms with E-state index in [9.17, 15) is 4.79 Å². The molecule has 0 saturated carbocycles. The SMILES string of the molecule is O=C1CNCN1CCN1CCOCC1. The van der Waals surface area contributed by atoms with E-state index in [4.69, 9.17) is 4.74 Å². The van der Waals surface area contributed by atoms with Crippen LogP contribution in [-0.2, 0) is 9.53 Å². The molecule has 1 N–H and O–H groups in total. The van der Waals surface area contributed by atoms with E-state index in [1.165, 1.54) is 0 Å². The molecule has 0 bridgehead atoms.